The van der Waals surface area contributed by atoms with Gasteiger partial charge in [0.15, 0.2) is 0 Å². The minimum atomic E-state index is -0.515. The second kappa shape index (κ2) is 9.86. The average molecular weight is 394 g/mol. The second-order valence-corrected chi connectivity index (χ2v) is 6.59. The van der Waals surface area contributed by atoms with Crippen molar-refractivity contribution in [3.8, 4) is 16.9 Å². The van der Waals surface area contributed by atoms with E-state index in [1.807, 2.05) is 54.7 Å². The van der Waals surface area contributed by atoms with E-state index >= 15 is 0 Å². The van der Waals surface area contributed by atoms with Gasteiger partial charge in [-0.3, -0.25) is 15.2 Å². The molecule has 1 amide bonds. The van der Waals surface area contributed by atoms with Crippen molar-refractivity contribution in [3.63, 3.8) is 0 Å². The van der Waals surface area contributed by atoms with E-state index in [1.165, 1.54) is 0 Å². The zero-order valence-electron chi connectivity index (χ0n) is 16.9. The molecule has 1 atom stereocenters. The summed E-state index contributed by atoms with van der Waals surface area (Å²) in [6, 6.07) is 14.8. The number of aromatic amines is 1. The minimum absolute atomic E-state index is 0.0644. The summed E-state index contributed by atoms with van der Waals surface area (Å²) in [4.78, 5) is 15.0. The summed E-state index contributed by atoms with van der Waals surface area (Å²) in [6.45, 7) is 1.06. The van der Waals surface area contributed by atoms with Crippen molar-refractivity contribution in [1.82, 2.24) is 15.5 Å². The molecule has 0 aliphatic heterocycles. The van der Waals surface area contributed by atoms with Gasteiger partial charge in [-0.15, -0.1) is 0 Å². The number of carbonyl (C=O) groups excluding carboxylic acids is 1. The SMILES string of the molecule is COCCNC(C(=O)N(C)c1ccc(-c2cn[nH]c2)cc1)c1cccc(OC)c1. The Balaban J connectivity index is 1.81. The third-order valence-corrected chi connectivity index (χ3v) is 4.75. The van der Waals surface area contributed by atoms with E-state index in [-0.39, 0.29) is 5.91 Å². The van der Waals surface area contributed by atoms with Gasteiger partial charge in [0.2, 0.25) is 5.91 Å². The Labute approximate surface area is 170 Å². The van der Waals surface area contributed by atoms with Crippen LogP contribution in [0.4, 0.5) is 5.69 Å². The molecule has 7 heteroatoms. The highest BCUT2D eigenvalue weighted by atomic mass is 16.5. The summed E-state index contributed by atoms with van der Waals surface area (Å²) in [5, 5.41) is 10.1. The fourth-order valence-electron chi connectivity index (χ4n) is 3.08. The van der Waals surface area contributed by atoms with Crippen molar-refractivity contribution < 1.29 is 14.3 Å². The number of anilines is 1. The minimum Gasteiger partial charge on any atom is -0.497 e. The maximum atomic E-state index is 13.3. The normalized spacial score (nSPS) is 11.8. The number of benzene rings is 2. The zero-order chi connectivity index (χ0) is 20.6. The van der Waals surface area contributed by atoms with Gasteiger partial charge in [0.1, 0.15) is 11.8 Å². The van der Waals surface area contributed by atoms with E-state index in [4.69, 9.17) is 9.47 Å². The molecule has 0 spiro atoms. The molecular formula is C22H26N4O3. The molecule has 0 aliphatic carbocycles. The zero-order valence-corrected chi connectivity index (χ0v) is 16.9. The van der Waals surface area contributed by atoms with Gasteiger partial charge in [0.05, 0.1) is 19.9 Å². The highest BCUT2D eigenvalue weighted by Crippen LogP contribution is 2.25. The van der Waals surface area contributed by atoms with E-state index in [0.29, 0.717) is 18.9 Å². The van der Waals surface area contributed by atoms with Crippen LogP contribution in [0.15, 0.2) is 60.9 Å². The Hall–Kier alpha value is -3.16. The Morgan fingerprint density at radius 1 is 1.17 bits per heavy atom. The molecule has 7 nitrogen and oxygen atoms in total. The van der Waals surface area contributed by atoms with Crippen LogP contribution in [-0.4, -0.2) is 50.5 Å². The molecule has 3 rings (SSSR count). The maximum absolute atomic E-state index is 13.3. The average Bonchev–Trinajstić information content (AvgIpc) is 3.31. The van der Waals surface area contributed by atoms with Crippen molar-refractivity contribution in [2.75, 3.05) is 39.3 Å². The van der Waals surface area contributed by atoms with E-state index in [0.717, 1.165) is 22.4 Å². The molecule has 29 heavy (non-hydrogen) atoms. The topological polar surface area (TPSA) is 79.5 Å². The lowest BCUT2D eigenvalue weighted by atomic mass is 10.0. The highest BCUT2D eigenvalue weighted by molar-refractivity contribution is 5.97. The molecular weight excluding hydrogens is 368 g/mol. The van der Waals surface area contributed by atoms with Crippen LogP contribution < -0.4 is 15.0 Å². The van der Waals surface area contributed by atoms with Gasteiger partial charge in [-0.2, -0.15) is 5.10 Å². The largest absolute Gasteiger partial charge is 0.497 e. The molecule has 0 saturated heterocycles. The second-order valence-electron chi connectivity index (χ2n) is 6.59. The van der Waals surface area contributed by atoms with E-state index in [1.54, 1.807) is 32.4 Å². The molecule has 0 fully saturated rings. The Kier molecular flexibility index (Phi) is 6.99. The number of likely N-dealkylation sites (N-methyl/N-ethyl adjacent to an activating group) is 1. The molecule has 1 heterocycles. The van der Waals surface area contributed by atoms with E-state index in [9.17, 15) is 4.79 Å². The molecule has 1 unspecified atom stereocenters. The summed E-state index contributed by atoms with van der Waals surface area (Å²) in [5.41, 5.74) is 3.68. The first kappa shape index (κ1) is 20.6. The van der Waals surface area contributed by atoms with Crippen molar-refractivity contribution in [2.24, 2.45) is 0 Å². The summed E-state index contributed by atoms with van der Waals surface area (Å²) in [7, 11) is 5.03. The lowest BCUT2D eigenvalue weighted by Gasteiger charge is -2.25. The summed E-state index contributed by atoms with van der Waals surface area (Å²) in [6.07, 6.45) is 3.60. The van der Waals surface area contributed by atoms with Gasteiger partial charge in [0.25, 0.3) is 0 Å². The number of methoxy groups -OCH3 is 2. The van der Waals surface area contributed by atoms with Crippen molar-refractivity contribution >= 4 is 11.6 Å². The molecule has 152 valence electrons. The molecule has 0 radical (unpaired) electrons. The number of nitrogens with zero attached hydrogens (tertiary/aromatic N) is 2. The monoisotopic (exact) mass is 394 g/mol. The molecule has 3 aromatic rings. The van der Waals surface area contributed by atoms with Crippen LogP contribution in [-0.2, 0) is 9.53 Å². The van der Waals surface area contributed by atoms with Crippen LogP contribution in [0.2, 0.25) is 0 Å². The van der Waals surface area contributed by atoms with Crippen LogP contribution >= 0.6 is 0 Å². The highest BCUT2D eigenvalue weighted by Gasteiger charge is 2.24. The van der Waals surface area contributed by atoms with Crippen LogP contribution in [0.1, 0.15) is 11.6 Å². The third-order valence-electron chi connectivity index (χ3n) is 4.75. The number of nitrogens with one attached hydrogen (secondary N) is 2. The Morgan fingerprint density at radius 2 is 1.97 bits per heavy atom. The maximum Gasteiger partial charge on any atom is 0.248 e. The number of aromatic nitrogens is 2. The first-order valence-corrected chi connectivity index (χ1v) is 9.37. The lowest BCUT2D eigenvalue weighted by Crippen LogP contribution is -2.40. The van der Waals surface area contributed by atoms with Crippen LogP contribution in [0.5, 0.6) is 5.75 Å². The number of amides is 1. The van der Waals surface area contributed by atoms with Gasteiger partial charge >= 0.3 is 0 Å². The quantitative estimate of drug-likeness (QED) is 0.546. The molecule has 2 aromatic carbocycles. The summed E-state index contributed by atoms with van der Waals surface area (Å²) >= 11 is 0. The number of hydrogen-bond donors (Lipinski definition) is 2. The molecule has 1 aromatic heterocycles. The first-order valence-electron chi connectivity index (χ1n) is 9.37. The fraction of sp³-hybridized carbons (Fsp3) is 0.273. The van der Waals surface area contributed by atoms with Gasteiger partial charge in [0, 0.05) is 38.1 Å². The standard InChI is InChI=1S/C22H26N4O3/c1-26(19-9-7-16(8-10-19)18-14-24-25-15-18)22(27)21(23-11-12-28-2)17-5-4-6-20(13-17)29-3/h4-10,13-15,21,23H,11-12H2,1-3H3,(H,24,25). The number of rotatable bonds is 9. The van der Waals surface area contributed by atoms with Gasteiger partial charge in [-0.1, -0.05) is 24.3 Å². The first-order chi connectivity index (χ1) is 14.1. The molecule has 0 aliphatic rings. The fourth-order valence-corrected chi connectivity index (χ4v) is 3.08. The molecule has 2 N–H and O–H groups in total. The predicted molar refractivity (Wildman–Crippen MR) is 113 cm³/mol. The number of hydrogen-bond acceptors (Lipinski definition) is 5. The number of ether oxygens (including phenoxy) is 2. The van der Waals surface area contributed by atoms with Gasteiger partial charge in [-0.25, -0.2) is 0 Å². The Morgan fingerprint density at radius 3 is 2.62 bits per heavy atom. The third kappa shape index (κ3) is 5.01. The molecule has 0 saturated carbocycles. The predicted octanol–water partition coefficient (Wildman–Crippen LogP) is 3.03. The lowest BCUT2D eigenvalue weighted by molar-refractivity contribution is -0.120. The van der Waals surface area contributed by atoms with Crippen LogP contribution in [0, 0.1) is 0 Å². The molecule has 0 bridgehead atoms. The van der Waals surface area contributed by atoms with Crippen LogP contribution in [0.25, 0.3) is 11.1 Å². The number of carbonyl (C=O) groups is 1. The van der Waals surface area contributed by atoms with E-state index < -0.39 is 6.04 Å². The van der Waals surface area contributed by atoms with E-state index in [2.05, 4.69) is 15.5 Å². The van der Waals surface area contributed by atoms with Gasteiger partial charge in [-0.05, 0) is 35.4 Å². The summed E-state index contributed by atoms with van der Waals surface area (Å²) < 4.78 is 10.4. The number of H-pyrrole nitrogens is 1. The smallest absolute Gasteiger partial charge is 0.248 e. The van der Waals surface area contributed by atoms with Crippen molar-refractivity contribution in [1.29, 1.82) is 0 Å². The Bertz CT molecular complexity index is 910. The van der Waals surface area contributed by atoms with Gasteiger partial charge < -0.3 is 14.4 Å². The van der Waals surface area contributed by atoms with Crippen LogP contribution in [0.3, 0.4) is 0 Å². The summed E-state index contributed by atoms with van der Waals surface area (Å²) in [5.74, 6) is 0.645. The van der Waals surface area contributed by atoms with Crippen molar-refractivity contribution in [3.05, 3.63) is 66.5 Å². The van der Waals surface area contributed by atoms with Crippen molar-refractivity contribution in [2.45, 2.75) is 6.04 Å².